The zero-order valence-corrected chi connectivity index (χ0v) is 13.2. The van der Waals surface area contributed by atoms with Gasteiger partial charge in [0.25, 0.3) is 0 Å². The molecule has 0 bridgehead atoms. The Kier molecular flexibility index (Phi) is 6.83. The highest BCUT2D eigenvalue weighted by Gasteiger charge is 2.20. The van der Waals surface area contributed by atoms with E-state index >= 15 is 0 Å². The van der Waals surface area contributed by atoms with Gasteiger partial charge in [-0.2, -0.15) is 0 Å². The lowest BCUT2D eigenvalue weighted by Crippen LogP contribution is -2.52. The van der Waals surface area contributed by atoms with Crippen LogP contribution in [0.4, 0.5) is 0 Å². The van der Waals surface area contributed by atoms with Crippen LogP contribution in [0.15, 0.2) is 30.3 Å². The standard InChI is InChI=1S/C16H24N4O3/c17-12-15(21)18-13-16(22)20-8-6-19(7-9-20)10-11-23-14-4-2-1-3-5-14/h1-5H,6-13,17H2,(H,18,21). The maximum Gasteiger partial charge on any atom is 0.242 e. The average molecular weight is 320 g/mol. The van der Waals surface area contributed by atoms with Gasteiger partial charge in [-0.05, 0) is 12.1 Å². The first-order chi connectivity index (χ1) is 11.2. The van der Waals surface area contributed by atoms with Gasteiger partial charge < -0.3 is 20.7 Å². The Hall–Kier alpha value is -2.12. The molecule has 1 heterocycles. The second-order valence-electron chi connectivity index (χ2n) is 5.36. The molecule has 1 aromatic rings. The highest BCUT2D eigenvalue weighted by atomic mass is 16.5. The number of amides is 2. The van der Waals surface area contributed by atoms with Gasteiger partial charge in [-0.3, -0.25) is 14.5 Å². The molecule has 2 rings (SSSR count). The van der Waals surface area contributed by atoms with Crippen molar-refractivity contribution in [2.75, 3.05) is 52.4 Å². The van der Waals surface area contributed by atoms with E-state index in [0.717, 1.165) is 25.4 Å². The van der Waals surface area contributed by atoms with Crippen LogP contribution >= 0.6 is 0 Å². The summed E-state index contributed by atoms with van der Waals surface area (Å²) in [5.41, 5.74) is 5.19. The van der Waals surface area contributed by atoms with Crippen LogP contribution in [-0.2, 0) is 9.59 Å². The number of carbonyl (C=O) groups is 2. The number of piperazine rings is 1. The normalized spacial score (nSPS) is 15.3. The summed E-state index contributed by atoms with van der Waals surface area (Å²) in [5, 5.41) is 2.50. The van der Waals surface area contributed by atoms with Gasteiger partial charge in [-0.25, -0.2) is 0 Å². The first-order valence-electron chi connectivity index (χ1n) is 7.84. The number of ether oxygens (including phenoxy) is 1. The predicted octanol–water partition coefficient (Wildman–Crippen LogP) is -0.715. The number of nitrogens with zero attached hydrogens (tertiary/aromatic N) is 2. The van der Waals surface area contributed by atoms with Gasteiger partial charge in [-0.15, -0.1) is 0 Å². The Bertz CT molecular complexity index is 501. The van der Waals surface area contributed by atoms with E-state index in [9.17, 15) is 9.59 Å². The largest absolute Gasteiger partial charge is 0.492 e. The number of para-hydroxylation sites is 1. The summed E-state index contributed by atoms with van der Waals surface area (Å²) in [5.74, 6) is 0.499. The molecule has 0 atom stereocenters. The highest BCUT2D eigenvalue weighted by Crippen LogP contribution is 2.08. The summed E-state index contributed by atoms with van der Waals surface area (Å²) in [6.45, 7) is 4.36. The van der Waals surface area contributed by atoms with Crippen molar-refractivity contribution in [1.29, 1.82) is 0 Å². The van der Waals surface area contributed by atoms with Crippen LogP contribution in [0.1, 0.15) is 0 Å². The molecule has 0 unspecified atom stereocenters. The van der Waals surface area contributed by atoms with E-state index in [0.29, 0.717) is 19.7 Å². The molecule has 23 heavy (non-hydrogen) atoms. The minimum absolute atomic E-state index is 0.0210. The Labute approximate surface area is 136 Å². The molecule has 0 aromatic heterocycles. The molecule has 3 N–H and O–H groups in total. The molecule has 1 fully saturated rings. The molecule has 0 saturated carbocycles. The number of hydrogen-bond donors (Lipinski definition) is 2. The topological polar surface area (TPSA) is 87.9 Å². The van der Waals surface area contributed by atoms with Crippen molar-refractivity contribution < 1.29 is 14.3 Å². The lowest BCUT2D eigenvalue weighted by atomic mass is 10.3. The Morgan fingerprint density at radius 1 is 1.13 bits per heavy atom. The van der Waals surface area contributed by atoms with Gasteiger partial charge in [0.15, 0.2) is 0 Å². The number of nitrogens with two attached hydrogens (primary N) is 1. The molecular weight excluding hydrogens is 296 g/mol. The second-order valence-corrected chi connectivity index (χ2v) is 5.36. The average Bonchev–Trinajstić information content (AvgIpc) is 2.61. The lowest BCUT2D eigenvalue weighted by molar-refractivity contribution is -0.134. The fourth-order valence-corrected chi connectivity index (χ4v) is 2.39. The first-order valence-corrected chi connectivity index (χ1v) is 7.84. The summed E-state index contributed by atoms with van der Waals surface area (Å²) < 4.78 is 5.68. The molecule has 7 heteroatoms. The Morgan fingerprint density at radius 3 is 2.48 bits per heavy atom. The third-order valence-electron chi connectivity index (χ3n) is 3.77. The van der Waals surface area contributed by atoms with Crippen molar-refractivity contribution in [1.82, 2.24) is 15.1 Å². The summed E-state index contributed by atoms with van der Waals surface area (Å²) >= 11 is 0. The van der Waals surface area contributed by atoms with Crippen LogP contribution in [0.3, 0.4) is 0 Å². The maximum absolute atomic E-state index is 12.0. The smallest absolute Gasteiger partial charge is 0.242 e. The Morgan fingerprint density at radius 2 is 1.83 bits per heavy atom. The molecule has 126 valence electrons. The monoisotopic (exact) mass is 320 g/mol. The maximum atomic E-state index is 12.0. The van der Waals surface area contributed by atoms with Crippen molar-refractivity contribution in [2.45, 2.75) is 0 Å². The second kappa shape index (κ2) is 9.12. The lowest BCUT2D eigenvalue weighted by Gasteiger charge is -2.34. The third-order valence-corrected chi connectivity index (χ3v) is 3.77. The van der Waals surface area contributed by atoms with Crippen LogP contribution < -0.4 is 15.8 Å². The number of hydrogen-bond acceptors (Lipinski definition) is 5. The van der Waals surface area contributed by atoms with E-state index in [1.807, 2.05) is 30.3 Å². The number of rotatable bonds is 7. The van der Waals surface area contributed by atoms with Gasteiger partial charge in [0.1, 0.15) is 12.4 Å². The van der Waals surface area contributed by atoms with Gasteiger partial charge in [-0.1, -0.05) is 18.2 Å². The molecule has 0 spiro atoms. The molecule has 1 aromatic carbocycles. The summed E-state index contributed by atoms with van der Waals surface area (Å²) in [4.78, 5) is 27.0. The first kappa shape index (κ1) is 17.2. The molecule has 1 aliphatic heterocycles. The van der Waals surface area contributed by atoms with Gasteiger partial charge in [0.2, 0.25) is 11.8 Å². The van der Waals surface area contributed by atoms with E-state index in [1.165, 1.54) is 0 Å². The molecular formula is C16H24N4O3. The summed E-state index contributed by atoms with van der Waals surface area (Å²) in [6, 6.07) is 9.73. The third kappa shape index (κ3) is 5.88. The van der Waals surface area contributed by atoms with E-state index in [1.54, 1.807) is 4.90 Å². The predicted molar refractivity (Wildman–Crippen MR) is 87.0 cm³/mol. The molecule has 7 nitrogen and oxygen atoms in total. The van der Waals surface area contributed by atoms with E-state index in [-0.39, 0.29) is 24.9 Å². The van der Waals surface area contributed by atoms with Crippen LogP contribution in [0.5, 0.6) is 5.75 Å². The van der Waals surface area contributed by atoms with Crippen molar-refractivity contribution in [3.8, 4) is 5.75 Å². The fourth-order valence-electron chi connectivity index (χ4n) is 2.39. The van der Waals surface area contributed by atoms with E-state index in [2.05, 4.69) is 10.2 Å². The van der Waals surface area contributed by atoms with Crippen LogP contribution in [0.25, 0.3) is 0 Å². The number of carbonyl (C=O) groups excluding carboxylic acids is 2. The molecule has 0 aliphatic carbocycles. The quantitative estimate of drug-likeness (QED) is 0.693. The van der Waals surface area contributed by atoms with Crippen molar-refractivity contribution >= 4 is 11.8 Å². The number of nitrogens with one attached hydrogen (secondary N) is 1. The minimum atomic E-state index is -0.310. The van der Waals surface area contributed by atoms with Crippen LogP contribution in [-0.4, -0.2) is 74.0 Å². The van der Waals surface area contributed by atoms with Crippen LogP contribution in [0.2, 0.25) is 0 Å². The van der Waals surface area contributed by atoms with Crippen molar-refractivity contribution in [3.63, 3.8) is 0 Å². The van der Waals surface area contributed by atoms with E-state index < -0.39 is 0 Å². The van der Waals surface area contributed by atoms with E-state index in [4.69, 9.17) is 10.5 Å². The highest BCUT2D eigenvalue weighted by molar-refractivity contribution is 5.85. The van der Waals surface area contributed by atoms with Gasteiger partial charge >= 0.3 is 0 Å². The van der Waals surface area contributed by atoms with Crippen LogP contribution in [0, 0.1) is 0 Å². The van der Waals surface area contributed by atoms with Crippen molar-refractivity contribution in [3.05, 3.63) is 30.3 Å². The summed E-state index contributed by atoms with van der Waals surface area (Å²) in [6.07, 6.45) is 0. The van der Waals surface area contributed by atoms with Crippen molar-refractivity contribution in [2.24, 2.45) is 5.73 Å². The zero-order valence-electron chi connectivity index (χ0n) is 13.2. The minimum Gasteiger partial charge on any atom is -0.492 e. The van der Waals surface area contributed by atoms with Gasteiger partial charge in [0, 0.05) is 32.7 Å². The summed E-state index contributed by atoms with van der Waals surface area (Å²) in [7, 11) is 0. The molecule has 1 aliphatic rings. The molecule has 2 amide bonds. The molecule has 1 saturated heterocycles. The fraction of sp³-hybridized carbons (Fsp3) is 0.500. The SMILES string of the molecule is NCC(=O)NCC(=O)N1CCN(CCOc2ccccc2)CC1. The number of benzene rings is 1. The Balaban J connectivity index is 1.62. The van der Waals surface area contributed by atoms with Gasteiger partial charge in [0.05, 0.1) is 13.1 Å². The molecule has 0 radical (unpaired) electrons. The zero-order chi connectivity index (χ0) is 16.5.